The monoisotopic (exact) mass is 393 g/mol. The van der Waals surface area contributed by atoms with Crippen molar-refractivity contribution in [1.82, 2.24) is 15.2 Å². The van der Waals surface area contributed by atoms with Gasteiger partial charge >= 0.3 is 6.18 Å². The molecule has 1 amide bonds. The number of carbonyl (C=O) groups is 1. The van der Waals surface area contributed by atoms with Crippen LogP contribution in [0.5, 0.6) is 0 Å². The van der Waals surface area contributed by atoms with Crippen LogP contribution >= 0.6 is 11.3 Å². The first-order valence-corrected chi connectivity index (χ1v) is 9.72. The van der Waals surface area contributed by atoms with Crippen LogP contribution < -0.4 is 5.32 Å². The Hall–Kier alpha value is -2.11. The second kappa shape index (κ2) is 6.80. The third-order valence-electron chi connectivity index (χ3n) is 5.51. The largest absolute Gasteiger partial charge is 0.458 e. The van der Waals surface area contributed by atoms with Crippen LogP contribution in [-0.4, -0.2) is 47.1 Å². The van der Waals surface area contributed by atoms with Crippen molar-refractivity contribution in [1.29, 1.82) is 0 Å². The molecule has 8 heteroatoms. The van der Waals surface area contributed by atoms with E-state index < -0.39 is 6.18 Å². The van der Waals surface area contributed by atoms with Crippen molar-refractivity contribution < 1.29 is 18.0 Å². The highest BCUT2D eigenvalue weighted by Gasteiger charge is 2.40. The Bertz CT molecular complexity index is 933. The highest BCUT2D eigenvalue weighted by atomic mass is 32.1. The second-order valence-electron chi connectivity index (χ2n) is 7.08. The Morgan fingerprint density at radius 2 is 2.11 bits per heavy atom. The molecule has 2 bridgehead atoms. The van der Waals surface area contributed by atoms with E-state index in [1.165, 1.54) is 29.5 Å². The smallest absolute Gasteiger partial charge is 0.346 e. The van der Waals surface area contributed by atoms with Crippen LogP contribution in [0.2, 0.25) is 0 Å². The van der Waals surface area contributed by atoms with E-state index in [4.69, 9.17) is 0 Å². The van der Waals surface area contributed by atoms with Gasteiger partial charge in [0.25, 0.3) is 5.91 Å². The molecule has 5 rings (SSSR count). The van der Waals surface area contributed by atoms with Crippen LogP contribution in [0.15, 0.2) is 17.6 Å². The van der Waals surface area contributed by atoms with Crippen molar-refractivity contribution in [3.05, 3.63) is 28.9 Å². The van der Waals surface area contributed by atoms with Crippen LogP contribution in [-0.2, 0) is 0 Å². The molecule has 3 aliphatic rings. The summed E-state index contributed by atoms with van der Waals surface area (Å²) in [5, 5.41) is 5.18. The molecule has 0 saturated carbocycles. The summed E-state index contributed by atoms with van der Waals surface area (Å²) in [5.74, 6) is 3.61. The molecule has 27 heavy (non-hydrogen) atoms. The van der Waals surface area contributed by atoms with Gasteiger partial charge in [0.05, 0.1) is 4.70 Å². The third-order valence-corrected chi connectivity index (χ3v) is 6.44. The molecule has 0 radical (unpaired) electrons. The predicted molar refractivity (Wildman–Crippen MR) is 97.6 cm³/mol. The molecule has 3 aliphatic heterocycles. The lowest BCUT2D eigenvalue weighted by molar-refractivity contribution is -0.0696. The van der Waals surface area contributed by atoms with Gasteiger partial charge in [0.15, 0.2) is 0 Å². The zero-order chi connectivity index (χ0) is 19.2. The van der Waals surface area contributed by atoms with Crippen molar-refractivity contribution >= 4 is 27.3 Å². The summed E-state index contributed by atoms with van der Waals surface area (Å²) in [5.41, 5.74) is 0.472. The van der Waals surface area contributed by atoms with Crippen LogP contribution in [0.25, 0.3) is 10.1 Å². The molecular weight excluding hydrogens is 375 g/mol. The Morgan fingerprint density at radius 1 is 1.37 bits per heavy atom. The number of rotatable bonds is 2. The summed E-state index contributed by atoms with van der Waals surface area (Å²) in [6.45, 7) is 4.26. The number of nitrogens with zero attached hydrogens (tertiary/aromatic N) is 2. The highest BCUT2D eigenvalue weighted by Crippen LogP contribution is 2.32. The average molecular weight is 393 g/mol. The molecule has 2 atom stereocenters. The van der Waals surface area contributed by atoms with E-state index in [-0.39, 0.29) is 29.2 Å². The lowest BCUT2D eigenvalue weighted by Gasteiger charge is -2.49. The summed E-state index contributed by atoms with van der Waals surface area (Å²) in [4.78, 5) is 19.3. The Morgan fingerprint density at radius 3 is 2.78 bits per heavy atom. The summed E-state index contributed by atoms with van der Waals surface area (Å²) in [6.07, 6.45) is -0.881. The average Bonchev–Trinajstić information content (AvgIpc) is 3.05. The number of amides is 1. The number of thiophene rings is 1. The van der Waals surface area contributed by atoms with Crippen LogP contribution in [0, 0.1) is 17.8 Å². The third kappa shape index (κ3) is 3.66. The van der Waals surface area contributed by atoms with E-state index in [0.29, 0.717) is 16.0 Å². The van der Waals surface area contributed by atoms with Gasteiger partial charge in [-0.15, -0.1) is 11.3 Å². The number of fused-ring (bicyclic) bond motifs is 4. The van der Waals surface area contributed by atoms with E-state index in [1.54, 1.807) is 5.38 Å². The van der Waals surface area contributed by atoms with Crippen molar-refractivity contribution in [2.24, 2.45) is 5.92 Å². The Kier molecular flexibility index (Phi) is 4.60. The molecule has 4 nitrogen and oxygen atoms in total. The molecular formula is C19H18F3N3OS. The van der Waals surface area contributed by atoms with Gasteiger partial charge in [-0.1, -0.05) is 5.92 Å². The molecule has 0 spiro atoms. The van der Waals surface area contributed by atoms with Crippen LogP contribution in [0.4, 0.5) is 13.2 Å². The SMILES string of the molecule is CC1C(NC(=O)c2cc3c(C#CC(F)(F)F)csc3cn2)C2CCN1CC2. The lowest BCUT2D eigenvalue weighted by atomic mass is 9.79. The number of hydrogen-bond acceptors (Lipinski definition) is 4. The Labute approximate surface area is 158 Å². The number of piperidine rings is 3. The van der Waals surface area contributed by atoms with Crippen molar-refractivity contribution in [2.45, 2.75) is 38.0 Å². The van der Waals surface area contributed by atoms with Gasteiger partial charge in [-0.25, -0.2) is 4.98 Å². The van der Waals surface area contributed by atoms with Gasteiger partial charge < -0.3 is 5.32 Å². The van der Waals surface area contributed by atoms with Crippen LogP contribution in [0.3, 0.4) is 0 Å². The zero-order valence-electron chi connectivity index (χ0n) is 14.6. The highest BCUT2D eigenvalue weighted by molar-refractivity contribution is 7.17. The summed E-state index contributed by atoms with van der Waals surface area (Å²) < 4.78 is 37.8. The maximum absolute atomic E-state index is 12.7. The molecule has 2 aromatic rings. The van der Waals surface area contributed by atoms with Gasteiger partial charge in [0, 0.05) is 40.5 Å². The first kappa shape index (κ1) is 18.3. The molecule has 2 aromatic heterocycles. The van der Waals surface area contributed by atoms with Crippen molar-refractivity contribution in [2.75, 3.05) is 13.1 Å². The fourth-order valence-corrected chi connectivity index (χ4v) is 4.90. The molecule has 0 aromatic carbocycles. The van der Waals surface area contributed by atoms with Crippen molar-refractivity contribution in [3.8, 4) is 11.8 Å². The number of pyridine rings is 1. The molecule has 3 saturated heterocycles. The first-order chi connectivity index (χ1) is 12.8. The maximum atomic E-state index is 12.7. The number of alkyl halides is 3. The van der Waals surface area contributed by atoms with E-state index in [1.807, 2.05) is 0 Å². The molecule has 0 aliphatic carbocycles. The van der Waals surface area contributed by atoms with Gasteiger partial charge in [0.2, 0.25) is 0 Å². The minimum Gasteiger partial charge on any atom is -0.346 e. The fourth-order valence-electron chi connectivity index (χ4n) is 4.06. The molecule has 5 heterocycles. The second-order valence-corrected chi connectivity index (χ2v) is 7.99. The topological polar surface area (TPSA) is 45.2 Å². The minimum absolute atomic E-state index is 0.0736. The molecule has 1 N–H and O–H groups in total. The molecule has 142 valence electrons. The zero-order valence-corrected chi connectivity index (χ0v) is 15.5. The quantitative estimate of drug-likeness (QED) is 0.796. The number of nitrogens with one attached hydrogen (secondary N) is 1. The number of hydrogen-bond donors (Lipinski definition) is 1. The van der Waals surface area contributed by atoms with E-state index in [0.717, 1.165) is 25.9 Å². The number of carbonyl (C=O) groups excluding carboxylic acids is 1. The summed E-state index contributed by atoms with van der Waals surface area (Å²) in [7, 11) is 0. The molecule has 2 unspecified atom stereocenters. The van der Waals surface area contributed by atoms with Crippen molar-refractivity contribution in [3.63, 3.8) is 0 Å². The minimum atomic E-state index is -4.55. The normalized spacial score (nSPS) is 27.3. The van der Waals surface area contributed by atoms with Gasteiger partial charge in [0.1, 0.15) is 5.69 Å². The van der Waals surface area contributed by atoms with Gasteiger partial charge in [-0.2, -0.15) is 13.2 Å². The Balaban J connectivity index is 1.58. The van der Waals surface area contributed by atoms with E-state index in [9.17, 15) is 18.0 Å². The van der Waals surface area contributed by atoms with E-state index in [2.05, 4.69) is 28.0 Å². The number of aromatic nitrogens is 1. The summed E-state index contributed by atoms with van der Waals surface area (Å²) >= 11 is 1.26. The van der Waals surface area contributed by atoms with Gasteiger partial charge in [-0.05, 0) is 44.8 Å². The predicted octanol–water partition coefficient (Wildman–Crippen LogP) is 3.42. The standard InChI is InChI=1S/C19H18F3N3OS/c1-11-17(12-3-6-25(11)7-4-12)24-18(26)15-8-14-13(2-5-19(20,21)22)10-27-16(14)9-23-15/h8-12,17H,3-4,6-7H2,1H3,(H,24,26). The first-order valence-electron chi connectivity index (χ1n) is 8.84. The fraction of sp³-hybridized carbons (Fsp3) is 0.474. The molecule has 3 fully saturated rings. The summed E-state index contributed by atoms with van der Waals surface area (Å²) in [6, 6.07) is 1.89. The maximum Gasteiger partial charge on any atom is 0.458 e. The van der Waals surface area contributed by atoms with Gasteiger partial charge in [-0.3, -0.25) is 9.69 Å². The lowest BCUT2D eigenvalue weighted by Crippen LogP contribution is -2.62. The van der Waals surface area contributed by atoms with Crippen LogP contribution in [0.1, 0.15) is 35.8 Å². The number of halogens is 3. The van der Waals surface area contributed by atoms with E-state index >= 15 is 0 Å².